The summed E-state index contributed by atoms with van der Waals surface area (Å²) in [6.45, 7) is 1.11. The maximum Gasteiger partial charge on any atom is 0.243 e. The molecule has 6 heteroatoms. The number of halogens is 2. The van der Waals surface area contributed by atoms with Crippen LogP contribution in [0.5, 0.6) is 0 Å². The van der Waals surface area contributed by atoms with Crippen LogP contribution in [0.2, 0.25) is 0 Å². The molecule has 0 radical (unpaired) electrons. The SMILES string of the molecule is O=S(=O)(c1ccc(F)cc1)N1CCC(CCBr)C1. The Hall–Kier alpha value is -0.460. The van der Waals surface area contributed by atoms with Crippen LogP contribution in [-0.4, -0.2) is 31.1 Å². The number of benzene rings is 1. The average molecular weight is 336 g/mol. The van der Waals surface area contributed by atoms with Crippen molar-refractivity contribution >= 4 is 26.0 Å². The minimum atomic E-state index is -3.46. The fraction of sp³-hybridized carbons (Fsp3) is 0.500. The maximum absolute atomic E-state index is 12.8. The fourth-order valence-corrected chi connectivity index (χ4v) is 4.34. The van der Waals surface area contributed by atoms with Crippen LogP contribution in [0, 0.1) is 11.7 Å². The van der Waals surface area contributed by atoms with Gasteiger partial charge < -0.3 is 0 Å². The summed E-state index contributed by atoms with van der Waals surface area (Å²) >= 11 is 3.37. The highest BCUT2D eigenvalue weighted by Crippen LogP contribution is 2.26. The molecule has 1 heterocycles. The van der Waals surface area contributed by atoms with E-state index in [1.807, 2.05) is 0 Å². The van der Waals surface area contributed by atoms with Gasteiger partial charge in [-0.2, -0.15) is 4.31 Å². The van der Waals surface area contributed by atoms with E-state index in [0.717, 1.165) is 18.2 Å². The molecule has 0 aromatic heterocycles. The van der Waals surface area contributed by atoms with E-state index in [-0.39, 0.29) is 4.90 Å². The summed E-state index contributed by atoms with van der Waals surface area (Å²) in [4.78, 5) is 0.170. The summed E-state index contributed by atoms with van der Waals surface area (Å²) in [6, 6.07) is 5.00. The van der Waals surface area contributed by atoms with Crippen molar-refractivity contribution in [3.63, 3.8) is 0 Å². The van der Waals surface area contributed by atoms with Crippen LogP contribution in [0.3, 0.4) is 0 Å². The van der Waals surface area contributed by atoms with Crippen molar-refractivity contribution < 1.29 is 12.8 Å². The van der Waals surface area contributed by atoms with Gasteiger partial charge in [-0.05, 0) is 43.0 Å². The number of rotatable bonds is 4. The third-order valence-electron chi connectivity index (χ3n) is 3.22. The summed E-state index contributed by atoms with van der Waals surface area (Å²) in [6.07, 6.45) is 1.88. The number of nitrogens with zero attached hydrogens (tertiary/aromatic N) is 1. The Labute approximate surface area is 115 Å². The first-order valence-electron chi connectivity index (χ1n) is 5.85. The van der Waals surface area contributed by atoms with E-state index in [0.29, 0.717) is 19.0 Å². The van der Waals surface area contributed by atoms with Crippen molar-refractivity contribution in [2.75, 3.05) is 18.4 Å². The molecule has 1 fully saturated rings. The minimum absolute atomic E-state index is 0.170. The molecule has 0 saturated carbocycles. The molecule has 1 atom stereocenters. The summed E-state index contributed by atoms with van der Waals surface area (Å²) in [5, 5.41) is 0.891. The Kier molecular flexibility index (Phi) is 4.40. The summed E-state index contributed by atoms with van der Waals surface area (Å²) in [5.41, 5.74) is 0. The van der Waals surface area contributed by atoms with Gasteiger partial charge >= 0.3 is 0 Å². The molecule has 1 unspecified atom stereocenters. The second-order valence-corrected chi connectivity index (χ2v) is 7.18. The van der Waals surface area contributed by atoms with E-state index in [2.05, 4.69) is 15.9 Å². The van der Waals surface area contributed by atoms with Gasteiger partial charge in [0, 0.05) is 18.4 Å². The molecule has 0 aliphatic carbocycles. The molecule has 0 N–H and O–H groups in total. The molecule has 1 aromatic rings. The third-order valence-corrected chi connectivity index (χ3v) is 5.55. The lowest BCUT2D eigenvalue weighted by Crippen LogP contribution is -2.28. The predicted molar refractivity (Wildman–Crippen MR) is 71.7 cm³/mol. The molecule has 1 aliphatic rings. The van der Waals surface area contributed by atoms with E-state index >= 15 is 0 Å². The van der Waals surface area contributed by atoms with Gasteiger partial charge in [0.25, 0.3) is 0 Å². The van der Waals surface area contributed by atoms with Gasteiger partial charge in [0.05, 0.1) is 4.90 Å². The molecule has 1 saturated heterocycles. The summed E-state index contributed by atoms with van der Waals surface area (Å²) < 4.78 is 38.9. The zero-order chi connectivity index (χ0) is 13.2. The minimum Gasteiger partial charge on any atom is -0.207 e. The lowest BCUT2D eigenvalue weighted by molar-refractivity contribution is 0.454. The van der Waals surface area contributed by atoms with Crippen LogP contribution in [0.1, 0.15) is 12.8 Å². The molecule has 0 spiro atoms. The van der Waals surface area contributed by atoms with Crippen LogP contribution >= 0.6 is 15.9 Å². The Morgan fingerprint density at radius 2 is 2.00 bits per heavy atom. The van der Waals surface area contributed by atoms with Crippen molar-refractivity contribution in [3.8, 4) is 0 Å². The lowest BCUT2D eigenvalue weighted by Gasteiger charge is -2.16. The van der Waals surface area contributed by atoms with Crippen molar-refractivity contribution in [2.24, 2.45) is 5.92 Å². The highest BCUT2D eigenvalue weighted by molar-refractivity contribution is 9.09. The molecule has 2 rings (SSSR count). The van der Waals surface area contributed by atoms with Gasteiger partial charge in [0.1, 0.15) is 5.82 Å². The second-order valence-electron chi connectivity index (χ2n) is 4.45. The Balaban J connectivity index is 2.15. The zero-order valence-electron chi connectivity index (χ0n) is 9.85. The predicted octanol–water partition coefficient (Wildman–Crippen LogP) is 2.62. The fourth-order valence-electron chi connectivity index (χ4n) is 2.16. The molecule has 1 aliphatic heterocycles. The lowest BCUT2D eigenvalue weighted by atomic mass is 10.1. The van der Waals surface area contributed by atoms with Crippen LogP contribution in [0.4, 0.5) is 4.39 Å². The second kappa shape index (κ2) is 5.67. The highest BCUT2D eigenvalue weighted by atomic mass is 79.9. The first kappa shape index (κ1) is 14.0. The van der Waals surface area contributed by atoms with Gasteiger partial charge in [-0.1, -0.05) is 15.9 Å². The molecular weight excluding hydrogens is 321 g/mol. The Bertz CT molecular complexity index is 503. The quantitative estimate of drug-likeness (QED) is 0.793. The molecular formula is C12H15BrFNO2S. The topological polar surface area (TPSA) is 37.4 Å². The molecule has 0 amide bonds. The largest absolute Gasteiger partial charge is 0.243 e. The van der Waals surface area contributed by atoms with Crippen LogP contribution in [0.15, 0.2) is 29.2 Å². The van der Waals surface area contributed by atoms with E-state index in [1.165, 1.54) is 28.6 Å². The molecule has 18 heavy (non-hydrogen) atoms. The van der Waals surface area contributed by atoms with Gasteiger partial charge in [0.15, 0.2) is 0 Å². The first-order valence-corrected chi connectivity index (χ1v) is 8.42. The Morgan fingerprint density at radius 1 is 1.33 bits per heavy atom. The van der Waals surface area contributed by atoms with Crippen molar-refractivity contribution in [3.05, 3.63) is 30.1 Å². The number of alkyl halides is 1. The maximum atomic E-state index is 12.8. The number of hydrogen-bond acceptors (Lipinski definition) is 2. The molecule has 3 nitrogen and oxygen atoms in total. The smallest absolute Gasteiger partial charge is 0.207 e. The third kappa shape index (κ3) is 2.92. The van der Waals surface area contributed by atoms with Gasteiger partial charge in [-0.3, -0.25) is 0 Å². The Morgan fingerprint density at radius 3 is 2.61 bits per heavy atom. The van der Waals surface area contributed by atoms with Crippen molar-refractivity contribution in [1.82, 2.24) is 4.31 Å². The van der Waals surface area contributed by atoms with Crippen molar-refractivity contribution in [1.29, 1.82) is 0 Å². The van der Waals surface area contributed by atoms with Gasteiger partial charge in [-0.15, -0.1) is 0 Å². The molecule has 1 aromatic carbocycles. The van der Waals surface area contributed by atoms with Gasteiger partial charge in [-0.25, -0.2) is 12.8 Å². The number of sulfonamides is 1. The number of hydrogen-bond donors (Lipinski definition) is 0. The molecule has 100 valence electrons. The monoisotopic (exact) mass is 335 g/mol. The van der Waals surface area contributed by atoms with Crippen LogP contribution in [0.25, 0.3) is 0 Å². The zero-order valence-corrected chi connectivity index (χ0v) is 12.3. The first-order chi connectivity index (χ1) is 8.54. The van der Waals surface area contributed by atoms with E-state index in [1.54, 1.807) is 0 Å². The summed E-state index contributed by atoms with van der Waals surface area (Å²) in [5.74, 6) is -0.00728. The van der Waals surface area contributed by atoms with Crippen LogP contribution < -0.4 is 0 Å². The van der Waals surface area contributed by atoms with Crippen molar-refractivity contribution in [2.45, 2.75) is 17.7 Å². The van der Waals surface area contributed by atoms with E-state index in [4.69, 9.17) is 0 Å². The normalized spacial score (nSPS) is 21.3. The van der Waals surface area contributed by atoms with E-state index in [9.17, 15) is 12.8 Å². The molecule has 0 bridgehead atoms. The highest BCUT2D eigenvalue weighted by Gasteiger charge is 2.31. The summed E-state index contributed by atoms with van der Waals surface area (Å²) in [7, 11) is -3.46. The van der Waals surface area contributed by atoms with E-state index < -0.39 is 15.8 Å². The van der Waals surface area contributed by atoms with Crippen LogP contribution in [-0.2, 0) is 10.0 Å². The standard InChI is InChI=1S/C12H15BrFNO2S/c13-7-5-10-6-8-15(9-10)18(16,17)12-3-1-11(14)2-4-12/h1-4,10H,5-9H2. The van der Waals surface area contributed by atoms with Gasteiger partial charge in [0.2, 0.25) is 10.0 Å². The average Bonchev–Trinajstić information content (AvgIpc) is 2.79.